The number of anilines is 3. The summed E-state index contributed by atoms with van der Waals surface area (Å²) in [5, 5.41) is 3.16. The fraction of sp³-hybridized carbons (Fsp3) is 0.0769. The first-order valence-electron chi connectivity index (χ1n) is 14.4. The highest BCUT2D eigenvalue weighted by atomic mass is 35.5. The van der Waals surface area contributed by atoms with Crippen LogP contribution in [0.2, 0.25) is 5.02 Å². The number of rotatable bonds is 4. The lowest BCUT2D eigenvalue weighted by Crippen LogP contribution is -2.16. The minimum atomic E-state index is -0.0943. The molecule has 0 aliphatic heterocycles. The molecule has 2 nitrogen and oxygen atoms in total. The van der Waals surface area contributed by atoms with Crippen molar-refractivity contribution in [1.82, 2.24) is 4.57 Å². The smallest absolute Gasteiger partial charge is 0.0562 e. The summed E-state index contributed by atoms with van der Waals surface area (Å²) >= 11 is 6.40. The average Bonchev–Trinajstić information content (AvgIpc) is 3.48. The van der Waals surface area contributed by atoms with Gasteiger partial charge in [0.15, 0.2) is 0 Å². The number of halogens is 1. The van der Waals surface area contributed by atoms with E-state index in [1.807, 2.05) is 12.1 Å². The van der Waals surface area contributed by atoms with Crippen LogP contribution in [-0.4, -0.2) is 4.57 Å². The van der Waals surface area contributed by atoms with Gasteiger partial charge < -0.3 is 9.47 Å². The topological polar surface area (TPSA) is 8.17 Å². The predicted octanol–water partition coefficient (Wildman–Crippen LogP) is 11.2. The molecule has 0 N–H and O–H groups in total. The van der Waals surface area contributed by atoms with Crippen molar-refractivity contribution in [2.45, 2.75) is 19.3 Å². The molecule has 1 aliphatic carbocycles. The quantitative estimate of drug-likeness (QED) is 0.208. The number of hydrogen-bond donors (Lipinski definition) is 0. The SMILES string of the molecule is CC1(C)c2ccccc2-c2ccc(N(c3ccc(Cl)cc3)c3cccc4c3c3ccccc3n4-c3ccccc3)cc21. The van der Waals surface area contributed by atoms with E-state index in [1.165, 1.54) is 44.1 Å². The second kappa shape index (κ2) is 9.37. The molecule has 7 aromatic rings. The number of hydrogen-bond acceptors (Lipinski definition) is 1. The van der Waals surface area contributed by atoms with E-state index in [2.05, 4.69) is 151 Å². The monoisotopic (exact) mass is 560 g/mol. The number of nitrogens with zero attached hydrogens (tertiary/aromatic N) is 2. The van der Waals surface area contributed by atoms with Crippen molar-refractivity contribution in [2.24, 2.45) is 0 Å². The maximum absolute atomic E-state index is 6.40. The van der Waals surface area contributed by atoms with Gasteiger partial charge in [-0.25, -0.2) is 0 Å². The largest absolute Gasteiger partial charge is 0.310 e. The van der Waals surface area contributed by atoms with Crippen molar-refractivity contribution in [2.75, 3.05) is 4.90 Å². The van der Waals surface area contributed by atoms with Gasteiger partial charge in [-0.05, 0) is 89.0 Å². The standard InChI is InChI=1S/C39H29ClN2/c1-39(2)33-15-8-6-13-30(33)31-24-23-29(25-34(31)39)41(28-21-19-26(40)20-22-28)36-17-10-18-37-38(36)32-14-7-9-16-35(32)42(37)27-11-4-3-5-12-27/h3-25H,1-2H3. The third kappa shape index (κ3) is 3.65. The van der Waals surface area contributed by atoms with Gasteiger partial charge in [0.05, 0.1) is 16.7 Å². The Bertz CT molecular complexity index is 2120. The minimum Gasteiger partial charge on any atom is -0.310 e. The Kier molecular flexibility index (Phi) is 5.57. The predicted molar refractivity (Wildman–Crippen MR) is 178 cm³/mol. The molecule has 0 fully saturated rings. The normalized spacial score (nSPS) is 13.3. The maximum Gasteiger partial charge on any atom is 0.0562 e. The fourth-order valence-electron chi connectivity index (χ4n) is 6.89. The molecule has 3 heteroatoms. The minimum absolute atomic E-state index is 0.0943. The zero-order valence-corrected chi connectivity index (χ0v) is 24.3. The Morgan fingerprint density at radius 3 is 2.07 bits per heavy atom. The van der Waals surface area contributed by atoms with Gasteiger partial charge in [-0.2, -0.15) is 0 Å². The number of benzene rings is 6. The third-order valence-corrected chi connectivity index (χ3v) is 9.09. The highest BCUT2D eigenvalue weighted by molar-refractivity contribution is 6.30. The summed E-state index contributed by atoms with van der Waals surface area (Å²) in [4.78, 5) is 2.39. The first kappa shape index (κ1) is 25.0. The maximum atomic E-state index is 6.40. The first-order chi connectivity index (χ1) is 20.5. The average molecular weight is 561 g/mol. The van der Waals surface area contributed by atoms with Crippen molar-refractivity contribution in [3.63, 3.8) is 0 Å². The van der Waals surface area contributed by atoms with E-state index in [-0.39, 0.29) is 5.41 Å². The molecule has 0 spiro atoms. The lowest BCUT2D eigenvalue weighted by molar-refractivity contribution is 0.660. The van der Waals surface area contributed by atoms with Gasteiger partial charge in [-0.1, -0.05) is 98.2 Å². The molecule has 0 atom stereocenters. The summed E-state index contributed by atoms with van der Waals surface area (Å²) in [5.74, 6) is 0. The Balaban J connectivity index is 1.42. The van der Waals surface area contributed by atoms with Gasteiger partial charge in [0, 0.05) is 38.3 Å². The molecule has 8 rings (SSSR count). The Morgan fingerprint density at radius 2 is 1.24 bits per heavy atom. The molecule has 0 amide bonds. The molecule has 0 unspecified atom stereocenters. The fourth-order valence-corrected chi connectivity index (χ4v) is 7.02. The molecule has 0 saturated heterocycles. The van der Waals surface area contributed by atoms with Crippen molar-refractivity contribution < 1.29 is 0 Å². The molecular weight excluding hydrogens is 532 g/mol. The number of fused-ring (bicyclic) bond motifs is 6. The van der Waals surface area contributed by atoms with Gasteiger partial charge in [0.1, 0.15) is 0 Å². The summed E-state index contributed by atoms with van der Waals surface area (Å²) in [5.41, 5.74) is 12.1. The van der Waals surface area contributed by atoms with Gasteiger partial charge in [0.25, 0.3) is 0 Å². The van der Waals surface area contributed by atoms with Gasteiger partial charge in [0.2, 0.25) is 0 Å². The number of aromatic nitrogens is 1. The Hall–Kier alpha value is -4.79. The van der Waals surface area contributed by atoms with Crippen LogP contribution < -0.4 is 4.90 Å². The van der Waals surface area contributed by atoms with Gasteiger partial charge in [-0.15, -0.1) is 0 Å². The number of para-hydroxylation sites is 2. The third-order valence-electron chi connectivity index (χ3n) is 8.84. The first-order valence-corrected chi connectivity index (χ1v) is 14.8. The zero-order chi connectivity index (χ0) is 28.4. The molecule has 1 heterocycles. The van der Waals surface area contributed by atoms with Crippen molar-refractivity contribution in [1.29, 1.82) is 0 Å². The molecule has 0 radical (unpaired) electrons. The van der Waals surface area contributed by atoms with Crippen LogP contribution in [0.3, 0.4) is 0 Å². The molecule has 0 saturated carbocycles. The molecule has 202 valence electrons. The molecule has 0 bridgehead atoms. The van der Waals surface area contributed by atoms with Crippen LogP contribution in [0.1, 0.15) is 25.0 Å². The second-order valence-corrected chi connectivity index (χ2v) is 12.0. The van der Waals surface area contributed by atoms with Crippen LogP contribution in [0.5, 0.6) is 0 Å². The highest BCUT2D eigenvalue weighted by Gasteiger charge is 2.35. The van der Waals surface area contributed by atoms with Gasteiger partial charge >= 0.3 is 0 Å². The van der Waals surface area contributed by atoms with E-state index in [0.717, 1.165) is 27.8 Å². The van der Waals surface area contributed by atoms with Crippen LogP contribution in [0.4, 0.5) is 17.1 Å². The van der Waals surface area contributed by atoms with Crippen LogP contribution in [0.25, 0.3) is 38.6 Å². The Morgan fingerprint density at radius 1 is 0.571 bits per heavy atom. The lowest BCUT2D eigenvalue weighted by atomic mass is 9.82. The zero-order valence-electron chi connectivity index (χ0n) is 23.6. The molecule has 1 aliphatic rings. The lowest BCUT2D eigenvalue weighted by Gasteiger charge is -2.29. The van der Waals surface area contributed by atoms with E-state index in [0.29, 0.717) is 0 Å². The summed E-state index contributed by atoms with van der Waals surface area (Å²) < 4.78 is 2.37. The van der Waals surface area contributed by atoms with Crippen LogP contribution in [0, 0.1) is 0 Å². The van der Waals surface area contributed by atoms with E-state index in [4.69, 9.17) is 11.6 Å². The summed E-state index contributed by atoms with van der Waals surface area (Å²) in [7, 11) is 0. The van der Waals surface area contributed by atoms with Gasteiger partial charge in [-0.3, -0.25) is 0 Å². The van der Waals surface area contributed by atoms with Crippen LogP contribution in [-0.2, 0) is 5.41 Å². The highest BCUT2D eigenvalue weighted by Crippen LogP contribution is 2.51. The summed E-state index contributed by atoms with van der Waals surface area (Å²) in [6, 6.07) is 49.9. The summed E-state index contributed by atoms with van der Waals surface area (Å²) in [6.07, 6.45) is 0. The van der Waals surface area contributed by atoms with E-state index in [9.17, 15) is 0 Å². The Labute approximate surface area is 251 Å². The molecule has 42 heavy (non-hydrogen) atoms. The molecule has 6 aromatic carbocycles. The van der Waals surface area contributed by atoms with E-state index >= 15 is 0 Å². The van der Waals surface area contributed by atoms with Crippen LogP contribution >= 0.6 is 11.6 Å². The van der Waals surface area contributed by atoms with Crippen molar-refractivity contribution >= 4 is 50.5 Å². The molecule has 1 aromatic heterocycles. The second-order valence-electron chi connectivity index (χ2n) is 11.6. The summed E-state index contributed by atoms with van der Waals surface area (Å²) in [6.45, 7) is 4.67. The van der Waals surface area contributed by atoms with Crippen molar-refractivity contribution in [3.8, 4) is 16.8 Å². The van der Waals surface area contributed by atoms with Crippen molar-refractivity contribution in [3.05, 3.63) is 156 Å². The molecular formula is C39H29ClN2. The van der Waals surface area contributed by atoms with E-state index < -0.39 is 0 Å². The van der Waals surface area contributed by atoms with E-state index in [1.54, 1.807) is 0 Å². The van der Waals surface area contributed by atoms with Crippen LogP contribution in [0.15, 0.2) is 140 Å².